The van der Waals surface area contributed by atoms with Gasteiger partial charge in [-0.05, 0) is 100.0 Å². The summed E-state index contributed by atoms with van der Waals surface area (Å²) in [4.78, 5) is 5.32. The lowest BCUT2D eigenvalue weighted by atomic mass is 9.62. The summed E-state index contributed by atoms with van der Waals surface area (Å²) in [6, 6.07) is 45.8. The van der Waals surface area contributed by atoms with Crippen LogP contribution in [-0.2, 0) is 0 Å². The normalized spacial score (nSPS) is 11.2. The average Bonchev–Trinajstić information content (AvgIpc) is 3.07. The van der Waals surface area contributed by atoms with Gasteiger partial charge in [0.15, 0.2) is 14.6 Å². The van der Waals surface area contributed by atoms with Crippen LogP contribution in [0.4, 0.5) is 0 Å². The van der Waals surface area contributed by atoms with Crippen molar-refractivity contribution in [2.75, 3.05) is 0 Å². The molecular formula is C44H58B2N2. The van der Waals surface area contributed by atoms with Crippen molar-refractivity contribution in [2.45, 2.75) is 105 Å². The molecule has 0 heterocycles. The van der Waals surface area contributed by atoms with Crippen molar-refractivity contribution in [1.82, 2.24) is 9.80 Å². The Hall–Kier alpha value is -3.91. The third-order valence-electron chi connectivity index (χ3n) is 9.25. The van der Waals surface area contributed by atoms with Crippen molar-refractivity contribution >= 4 is 25.7 Å². The van der Waals surface area contributed by atoms with E-state index in [1.54, 1.807) is 0 Å². The molecule has 0 radical (unpaired) electrons. The Bertz CT molecular complexity index is 1340. The van der Waals surface area contributed by atoms with Crippen LogP contribution < -0.4 is 0 Å². The number of benzene rings is 4. The first-order valence-electron chi connectivity index (χ1n) is 18.4. The highest BCUT2D eigenvalue weighted by atomic mass is 15.2. The molecule has 4 heteroatoms. The molecule has 0 saturated carbocycles. The van der Waals surface area contributed by atoms with Crippen molar-refractivity contribution < 1.29 is 0 Å². The number of hydrogen-bond acceptors (Lipinski definition) is 2. The van der Waals surface area contributed by atoms with Crippen molar-refractivity contribution in [1.29, 1.82) is 0 Å². The average molecular weight is 637 g/mol. The molecule has 0 aliphatic rings. The summed E-state index contributed by atoms with van der Waals surface area (Å²) in [6.07, 6.45) is 4.78. The van der Waals surface area contributed by atoms with Crippen LogP contribution in [0.3, 0.4) is 0 Å². The fraction of sp³-hybridized carbons (Fsp3) is 0.364. The van der Waals surface area contributed by atoms with Gasteiger partial charge in [-0.1, -0.05) is 147 Å². The second-order valence-electron chi connectivity index (χ2n) is 14.2. The number of hydrogen-bond donors (Lipinski definition) is 0. The Morgan fingerprint density at radius 3 is 0.833 bits per heavy atom. The van der Waals surface area contributed by atoms with Crippen molar-refractivity contribution in [3.8, 4) is 0 Å². The summed E-state index contributed by atoms with van der Waals surface area (Å²) in [7, 11) is 2.14. The molecule has 0 saturated heterocycles. The zero-order chi connectivity index (χ0) is 34.5. The molecule has 0 aliphatic carbocycles. The van der Waals surface area contributed by atoms with E-state index in [0.717, 1.165) is 14.6 Å². The SMILES string of the molecule is CC(C)N(C(BCCCCBC(=C(c1ccccc1)c1ccccc1)N(C(C)C)C(C)C)=C(c1ccccc1)c1ccccc1)C(C)C. The van der Waals surface area contributed by atoms with Crippen LogP contribution in [0, 0.1) is 0 Å². The summed E-state index contributed by atoms with van der Waals surface area (Å²) in [5.41, 5.74) is 10.9. The van der Waals surface area contributed by atoms with Gasteiger partial charge < -0.3 is 9.80 Å². The smallest absolute Gasteiger partial charge is 0.179 e. The molecule has 0 aliphatic heterocycles. The monoisotopic (exact) mass is 636 g/mol. The quantitative estimate of drug-likeness (QED) is 0.0841. The minimum atomic E-state index is 0.419. The van der Waals surface area contributed by atoms with Crippen LogP contribution in [-0.4, -0.2) is 48.5 Å². The maximum Gasteiger partial charge on any atom is 0.179 e. The molecule has 0 amide bonds. The molecule has 0 fully saturated rings. The highest BCUT2D eigenvalue weighted by Crippen LogP contribution is 2.33. The van der Waals surface area contributed by atoms with Gasteiger partial charge in [-0.2, -0.15) is 0 Å². The van der Waals surface area contributed by atoms with E-state index in [0.29, 0.717) is 24.2 Å². The fourth-order valence-corrected chi connectivity index (χ4v) is 7.56. The third kappa shape index (κ3) is 9.82. The molecule has 4 aromatic rings. The van der Waals surface area contributed by atoms with Crippen molar-refractivity contribution in [2.24, 2.45) is 0 Å². The van der Waals surface area contributed by atoms with Crippen LogP contribution in [0.1, 0.15) is 90.5 Å². The van der Waals surface area contributed by atoms with Gasteiger partial charge in [-0.25, -0.2) is 0 Å². The molecule has 4 aromatic carbocycles. The van der Waals surface area contributed by atoms with Crippen LogP contribution in [0.2, 0.25) is 12.6 Å². The first-order chi connectivity index (χ1) is 23.2. The molecule has 2 nitrogen and oxygen atoms in total. The van der Waals surface area contributed by atoms with E-state index in [1.807, 2.05) is 0 Å². The van der Waals surface area contributed by atoms with Crippen LogP contribution in [0.25, 0.3) is 11.1 Å². The zero-order valence-electron chi connectivity index (χ0n) is 31.0. The van der Waals surface area contributed by atoms with Gasteiger partial charge >= 0.3 is 0 Å². The van der Waals surface area contributed by atoms with E-state index in [1.165, 1.54) is 70.1 Å². The number of nitrogens with zero attached hydrogens (tertiary/aromatic N) is 2. The Labute approximate surface area is 294 Å². The highest BCUT2D eigenvalue weighted by Gasteiger charge is 2.24. The molecule has 0 spiro atoms. The zero-order valence-corrected chi connectivity index (χ0v) is 31.0. The Morgan fingerprint density at radius 2 is 0.625 bits per heavy atom. The minimum absolute atomic E-state index is 0.419. The number of unbranched alkanes of at least 4 members (excludes halogenated alkanes) is 1. The van der Waals surface area contributed by atoms with Gasteiger partial charge in [0.1, 0.15) is 0 Å². The first kappa shape index (κ1) is 36.9. The lowest BCUT2D eigenvalue weighted by Crippen LogP contribution is -2.39. The summed E-state index contributed by atoms with van der Waals surface area (Å²) in [5, 5.41) is 0. The van der Waals surface area contributed by atoms with E-state index in [9.17, 15) is 0 Å². The number of rotatable bonds is 17. The second kappa shape index (κ2) is 18.6. The van der Waals surface area contributed by atoms with Crippen molar-refractivity contribution in [3.63, 3.8) is 0 Å². The van der Waals surface area contributed by atoms with E-state index in [4.69, 9.17) is 0 Å². The highest BCUT2D eigenvalue weighted by molar-refractivity contribution is 6.48. The van der Waals surface area contributed by atoms with E-state index in [2.05, 4.69) is 187 Å². The predicted molar refractivity (Wildman–Crippen MR) is 215 cm³/mol. The minimum Gasteiger partial charge on any atom is -0.378 e. The molecule has 0 bridgehead atoms. The largest absolute Gasteiger partial charge is 0.378 e. The molecule has 4 rings (SSSR count). The summed E-state index contributed by atoms with van der Waals surface area (Å²) in [5.74, 6) is 0. The van der Waals surface area contributed by atoms with E-state index in [-0.39, 0.29) is 0 Å². The standard InChI is InChI=1S/C44H58B2N2/c1-33(2)47(34(3)4)43(41(37-23-13-9-14-24-37)38-25-15-10-16-26-38)45-31-21-22-32-46-44(48(35(5)6)36(7)8)42(39-27-17-11-18-28-39)40-29-19-12-20-30-40/h9-20,23-30,33-36,45-46H,21-22,31-32H2,1-8H3. The van der Waals surface area contributed by atoms with Gasteiger partial charge in [-0.15, -0.1) is 0 Å². The molecule has 250 valence electrons. The van der Waals surface area contributed by atoms with Gasteiger partial charge in [-0.3, -0.25) is 0 Å². The van der Waals surface area contributed by atoms with Crippen LogP contribution in [0.5, 0.6) is 0 Å². The van der Waals surface area contributed by atoms with Crippen LogP contribution >= 0.6 is 0 Å². The predicted octanol–water partition coefficient (Wildman–Crippen LogP) is 10.5. The lowest BCUT2D eigenvalue weighted by molar-refractivity contribution is 0.247. The Kier molecular flexibility index (Phi) is 14.3. The maximum absolute atomic E-state index is 2.66. The molecule has 0 atom stereocenters. The van der Waals surface area contributed by atoms with Gasteiger partial charge in [0.25, 0.3) is 0 Å². The molecule has 48 heavy (non-hydrogen) atoms. The first-order valence-corrected chi connectivity index (χ1v) is 18.4. The summed E-state index contributed by atoms with van der Waals surface area (Å²) >= 11 is 0. The third-order valence-corrected chi connectivity index (χ3v) is 9.25. The summed E-state index contributed by atoms with van der Waals surface area (Å²) < 4.78 is 0. The van der Waals surface area contributed by atoms with Crippen molar-refractivity contribution in [3.05, 3.63) is 155 Å². The lowest BCUT2D eigenvalue weighted by Gasteiger charge is -2.38. The van der Waals surface area contributed by atoms with E-state index < -0.39 is 0 Å². The Morgan fingerprint density at radius 1 is 0.396 bits per heavy atom. The van der Waals surface area contributed by atoms with Crippen LogP contribution in [0.15, 0.2) is 133 Å². The van der Waals surface area contributed by atoms with Gasteiger partial charge in [0.05, 0.1) is 0 Å². The Balaban J connectivity index is 1.62. The molecule has 0 unspecified atom stereocenters. The topological polar surface area (TPSA) is 6.48 Å². The molecule has 0 aromatic heterocycles. The summed E-state index contributed by atoms with van der Waals surface area (Å²) in [6.45, 7) is 18.7. The van der Waals surface area contributed by atoms with Gasteiger partial charge in [0.2, 0.25) is 0 Å². The fourth-order valence-electron chi connectivity index (χ4n) is 7.56. The van der Waals surface area contributed by atoms with E-state index >= 15 is 0 Å². The second-order valence-corrected chi connectivity index (χ2v) is 14.2. The maximum atomic E-state index is 2.66. The molecule has 0 N–H and O–H groups in total. The molecular weight excluding hydrogens is 578 g/mol. The van der Waals surface area contributed by atoms with Gasteiger partial charge in [0, 0.05) is 24.2 Å².